The van der Waals surface area contributed by atoms with Crippen LogP contribution in [0.25, 0.3) is 0 Å². The molecule has 24 heavy (non-hydrogen) atoms. The molecule has 0 saturated carbocycles. The summed E-state index contributed by atoms with van der Waals surface area (Å²) in [5.74, 6) is 0.519. The largest absolute Gasteiger partial charge is 0.383 e. The first-order valence-electron chi connectivity index (χ1n) is 6.91. The number of methoxy groups -OCH3 is 1. The molecule has 134 valence electrons. The van der Waals surface area contributed by atoms with Crippen LogP contribution in [0.3, 0.4) is 0 Å². The number of nitrogens with one attached hydrogen (secondary N) is 3. The van der Waals surface area contributed by atoms with Gasteiger partial charge < -0.3 is 20.7 Å². The molecule has 0 aromatic carbocycles. The van der Waals surface area contributed by atoms with Crippen LogP contribution < -0.4 is 16.0 Å². The van der Waals surface area contributed by atoms with Crippen LogP contribution >= 0.6 is 36.2 Å². The minimum atomic E-state index is -0.182. The number of thiazole rings is 1. The lowest BCUT2D eigenvalue weighted by molar-refractivity contribution is 0.0949. The maximum atomic E-state index is 11.9. The summed E-state index contributed by atoms with van der Waals surface area (Å²) >= 11 is 1.37. The fourth-order valence-corrected chi connectivity index (χ4v) is 2.33. The topological polar surface area (TPSA) is 88.2 Å². The monoisotopic (exact) mass is 393 g/mol. The van der Waals surface area contributed by atoms with Crippen molar-refractivity contribution in [3.8, 4) is 0 Å². The quantitative estimate of drug-likeness (QED) is 0.565. The number of ether oxygens (including phenoxy) is 1. The van der Waals surface area contributed by atoms with E-state index < -0.39 is 0 Å². The zero-order valence-corrected chi connectivity index (χ0v) is 15.6. The zero-order chi connectivity index (χ0) is 15.6. The number of carbonyl (C=O) groups is 1. The van der Waals surface area contributed by atoms with Gasteiger partial charge in [-0.2, -0.15) is 0 Å². The van der Waals surface area contributed by atoms with Crippen molar-refractivity contribution >= 4 is 53.0 Å². The number of rotatable bonds is 9. The molecule has 0 aliphatic rings. The van der Waals surface area contributed by atoms with Crippen LogP contribution in [0.2, 0.25) is 0 Å². The number of nitrogens with zero attached hydrogens (tertiary/aromatic N) is 2. The van der Waals surface area contributed by atoms with E-state index in [0.717, 1.165) is 6.54 Å². The molecule has 0 spiro atoms. The third kappa shape index (κ3) is 7.89. The fraction of sp³-hybridized carbons (Fsp3) is 0.357. The van der Waals surface area contributed by atoms with Crippen molar-refractivity contribution in [3.05, 3.63) is 35.5 Å². The lowest BCUT2D eigenvalue weighted by atomic mass is 10.4. The van der Waals surface area contributed by atoms with Gasteiger partial charge in [0.2, 0.25) is 0 Å². The predicted octanol–water partition coefficient (Wildman–Crippen LogP) is 2.09. The highest BCUT2D eigenvalue weighted by atomic mass is 35.5. The highest BCUT2D eigenvalue weighted by Gasteiger charge is 2.10. The minimum absolute atomic E-state index is 0. The van der Waals surface area contributed by atoms with E-state index in [-0.39, 0.29) is 30.7 Å². The van der Waals surface area contributed by atoms with Crippen LogP contribution in [-0.2, 0) is 4.74 Å². The molecule has 2 aromatic rings. The summed E-state index contributed by atoms with van der Waals surface area (Å²) in [4.78, 5) is 20.3. The number of hydrogen-bond donors (Lipinski definition) is 3. The Kier molecular flexibility index (Phi) is 12.1. The van der Waals surface area contributed by atoms with Gasteiger partial charge in [0.15, 0.2) is 5.13 Å². The SMILES string of the molecule is COCCNCCNC(=O)c1csc(Nc2ccccn2)n1.Cl.Cl. The van der Waals surface area contributed by atoms with Gasteiger partial charge in [-0.3, -0.25) is 4.79 Å². The Balaban J connectivity index is 0.00000264. The van der Waals surface area contributed by atoms with Crippen LogP contribution in [0.1, 0.15) is 10.5 Å². The number of halogens is 2. The van der Waals surface area contributed by atoms with Crippen molar-refractivity contribution in [2.24, 2.45) is 0 Å². The molecular weight excluding hydrogens is 373 g/mol. The van der Waals surface area contributed by atoms with Gasteiger partial charge in [0.1, 0.15) is 11.5 Å². The van der Waals surface area contributed by atoms with E-state index in [9.17, 15) is 4.79 Å². The number of amides is 1. The lowest BCUT2D eigenvalue weighted by Crippen LogP contribution is -2.33. The molecule has 0 aliphatic carbocycles. The average Bonchev–Trinajstić information content (AvgIpc) is 3.00. The van der Waals surface area contributed by atoms with Crippen LogP contribution in [0.4, 0.5) is 10.9 Å². The Morgan fingerprint density at radius 3 is 2.79 bits per heavy atom. The highest BCUT2D eigenvalue weighted by molar-refractivity contribution is 7.14. The molecule has 2 aromatic heterocycles. The number of hydrogen-bond acceptors (Lipinski definition) is 7. The number of anilines is 2. The van der Waals surface area contributed by atoms with Gasteiger partial charge in [-0.25, -0.2) is 9.97 Å². The third-order valence-corrected chi connectivity index (χ3v) is 3.46. The molecule has 0 aliphatic heterocycles. The van der Waals surface area contributed by atoms with E-state index in [1.165, 1.54) is 11.3 Å². The molecule has 0 fully saturated rings. The van der Waals surface area contributed by atoms with Crippen molar-refractivity contribution in [1.82, 2.24) is 20.6 Å². The van der Waals surface area contributed by atoms with E-state index in [4.69, 9.17) is 4.74 Å². The van der Waals surface area contributed by atoms with Gasteiger partial charge in [0, 0.05) is 38.3 Å². The maximum Gasteiger partial charge on any atom is 0.270 e. The van der Waals surface area contributed by atoms with Gasteiger partial charge >= 0.3 is 0 Å². The molecule has 3 N–H and O–H groups in total. The molecule has 0 unspecified atom stereocenters. The molecule has 0 bridgehead atoms. The molecule has 10 heteroatoms. The van der Waals surface area contributed by atoms with E-state index >= 15 is 0 Å². The summed E-state index contributed by atoms with van der Waals surface area (Å²) in [7, 11) is 1.66. The fourth-order valence-electron chi connectivity index (χ4n) is 1.64. The van der Waals surface area contributed by atoms with Crippen LogP contribution in [0, 0.1) is 0 Å². The van der Waals surface area contributed by atoms with Gasteiger partial charge in [-0.15, -0.1) is 36.2 Å². The van der Waals surface area contributed by atoms with E-state index in [0.29, 0.717) is 36.3 Å². The standard InChI is InChI=1S/C14H19N5O2S.2ClH/c1-21-9-8-15-6-7-17-13(20)11-10-22-14(18-11)19-12-4-2-3-5-16-12;;/h2-5,10,15H,6-9H2,1H3,(H,17,20)(H,16,18,19);2*1H. The van der Waals surface area contributed by atoms with E-state index in [1.807, 2.05) is 18.2 Å². The summed E-state index contributed by atoms with van der Waals surface area (Å²) in [5.41, 5.74) is 0.403. The summed E-state index contributed by atoms with van der Waals surface area (Å²) in [6.07, 6.45) is 1.69. The van der Waals surface area contributed by atoms with Gasteiger partial charge in [0.05, 0.1) is 6.61 Å². The number of aromatic nitrogens is 2. The second-order valence-corrected chi connectivity index (χ2v) is 5.23. The lowest BCUT2D eigenvalue weighted by Gasteiger charge is -2.05. The molecule has 7 nitrogen and oxygen atoms in total. The van der Waals surface area contributed by atoms with Crippen molar-refractivity contribution in [2.75, 3.05) is 38.7 Å². The number of carbonyl (C=O) groups excluding carboxylic acids is 1. The molecule has 0 saturated heterocycles. The van der Waals surface area contributed by atoms with Crippen molar-refractivity contribution in [1.29, 1.82) is 0 Å². The summed E-state index contributed by atoms with van der Waals surface area (Å²) < 4.78 is 4.92. The predicted molar refractivity (Wildman–Crippen MR) is 101 cm³/mol. The Morgan fingerprint density at radius 2 is 2.08 bits per heavy atom. The Hall–Kier alpha value is -1.45. The molecule has 0 atom stereocenters. The molecule has 0 radical (unpaired) electrons. The van der Waals surface area contributed by atoms with E-state index in [2.05, 4.69) is 25.9 Å². The Morgan fingerprint density at radius 1 is 1.25 bits per heavy atom. The van der Waals surface area contributed by atoms with Gasteiger partial charge in [0.25, 0.3) is 5.91 Å². The molecule has 2 rings (SSSR count). The maximum absolute atomic E-state index is 11.9. The van der Waals surface area contributed by atoms with Crippen molar-refractivity contribution < 1.29 is 9.53 Å². The summed E-state index contributed by atoms with van der Waals surface area (Å²) in [5, 5.41) is 11.4. The summed E-state index contributed by atoms with van der Waals surface area (Å²) in [6.45, 7) is 2.66. The molecular formula is C14H21Cl2N5O2S. The second kappa shape index (κ2) is 12.9. The van der Waals surface area contributed by atoms with Gasteiger partial charge in [-0.1, -0.05) is 6.07 Å². The second-order valence-electron chi connectivity index (χ2n) is 4.38. The average molecular weight is 394 g/mol. The smallest absolute Gasteiger partial charge is 0.270 e. The third-order valence-electron chi connectivity index (χ3n) is 2.71. The zero-order valence-electron chi connectivity index (χ0n) is 13.2. The molecule has 1 amide bonds. The molecule has 2 heterocycles. The normalized spacial score (nSPS) is 9.54. The van der Waals surface area contributed by atoms with Crippen molar-refractivity contribution in [3.63, 3.8) is 0 Å². The van der Waals surface area contributed by atoms with Crippen molar-refractivity contribution in [2.45, 2.75) is 0 Å². The Bertz CT molecular complexity index is 586. The van der Waals surface area contributed by atoms with E-state index in [1.54, 1.807) is 18.7 Å². The minimum Gasteiger partial charge on any atom is -0.383 e. The van der Waals surface area contributed by atoms with Crippen LogP contribution in [-0.4, -0.2) is 49.2 Å². The first-order chi connectivity index (χ1) is 10.8. The van der Waals surface area contributed by atoms with Gasteiger partial charge in [-0.05, 0) is 12.1 Å². The highest BCUT2D eigenvalue weighted by Crippen LogP contribution is 2.19. The first kappa shape index (κ1) is 22.6. The number of pyridine rings is 1. The van der Waals surface area contributed by atoms with Crippen LogP contribution in [0.5, 0.6) is 0 Å². The van der Waals surface area contributed by atoms with Crippen LogP contribution in [0.15, 0.2) is 29.8 Å². The first-order valence-corrected chi connectivity index (χ1v) is 7.79. The Labute approximate surface area is 157 Å². The summed E-state index contributed by atoms with van der Waals surface area (Å²) in [6, 6.07) is 5.56.